The summed E-state index contributed by atoms with van der Waals surface area (Å²) >= 11 is 0. The predicted molar refractivity (Wildman–Crippen MR) is 91.4 cm³/mol. The zero-order valence-corrected chi connectivity index (χ0v) is 13.3. The van der Waals surface area contributed by atoms with E-state index in [0.29, 0.717) is 0 Å². The highest BCUT2D eigenvalue weighted by Crippen LogP contribution is 2.25. The quantitative estimate of drug-likeness (QED) is 0.777. The Morgan fingerprint density at radius 3 is 2.78 bits per heavy atom. The molecular formula is C18H20N4O. The molecule has 1 aromatic heterocycles. The average Bonchev–Trinajstić information content (AvgIpc) is 2.95. The number of rotatable bonds is 4. The highest BCUT2D eigenvalue weighted by molar-refractivity contribution is 5.90. The van der Waals surface area contributed by atoms with Gasteiger partial charge in [0, 0.05) is 16.6 Å². The van der Waals surface area contributed by atoms with Gasteiger partial charge in [-0.25, -0.2) is 4.68 Å². The van der Waals surface area contributed by atoms with Crippen LogP contribution in [-0.2, 0) is 4.79 Å². The smallest absolute Gasteiger partial charge is 0.234 e. The summed E-state index contributed by atoms with van der Waals surface area (Å²) in [5.41, 5.74) is 8.39. The van der Waals surface area contributed by atoms with Crippen LogP contribution in [0.25, 0.3) is 16.5 Å². The number of aromatic nitrogens is 2. The van der Waals surface area contributed by atoms with E-state index in [9.17, 15) is 4.79 Å². The molecule has 1 atom stereocenters. The number of fused-ring (bicyclic) bond motifs is 1. The molecular weight excluding hydrogens is 288 g/mol. The highest BCUT2D eigenvalue weighted by atomic mass is 16.1. The first-order valence-electron chi connectivity index (χ1n) is 7.64. The normalized spacial score (nSPS) is 12.3. The minimum Gasteiger partial charge on any atom is -0.348 e. The van der Waals surface area contributed by atoms with E-state index in [2.05, 4.69) is 34.7 Å². The Morgan fingerprint density at radius 1 is 1.26 bits per heavy atom. The van der Waals surface area contributed by atoms with Gasteiger partial charge in [-0.05, 0) is 25.3 Å². The van der Waals surface area contributed by atoms with E-state index in [1.54, 1.807) is 6.20 Å². The summed E-state index contributed by atoms with van der Waals surface area (Å²) in [6, 6.07) is 14.3. The van der Waals surface area contributed by atoms with Gasteiger partial charge in [0.1, 0.15) is 0 Å². The molecule has 1 heterocycles. The minimum absolute atomic E-state index is 0.0130. The van der Waals surface area contributed by atoms with Crippen molar-refractivity contribution in [3.8, 4) is 5.69 Å². The molecule has 0 bridgehead atoms. The Kier molecular flexibility index (Phi) is 4.12. The van der Waals surface area contributed by atoms with Crippen molar-refractivity contribution >= 4 is 16.7 Å². The first-order chi connectivity index (χ1) is 11.1. The number of amides is 1. The molecule has 0 saturated carbocycles. The summed E-state index contributed by atoms with van der Waals surface area (Å²) in [5.74, 6) is -0.171. The molecule has 0 aliphatic rings. The van der Waals surface area contributed by atoms with Crippen molar-refractivity contribution in [3.63, 3.8) is 0 Å². The van der Waals surface area contributed by atoms with Crippen molar-refractivity contribution < 1.29 is 4.79 Å². The number of carbonyl (C=O) groups is 1. The summed E-state index contributed by atoms with van der Waals surface area (Å²) < 4.78 is 1.92. The largest absolute Gasteiger partial charge is 0.348 e. The molecule has 5 heteroatoms. The standard InChI is InChI=1S/C18H20N4O/c1-12(21-18(23)10-19)16-11-20-22(13(16)2)17-9-5-7-14-6-3-4-8-15(14)17/h3-9,11-12H,10,19H2,1-2H3,(H,21,23)/t12-/m1/s1. The molecule has 0 spiro atoms. The van der Waals surface area contributed by atoms with E-state index in [1.807, 2.05) is 36.7 Å². The van der Waals surface area contributed by atoms with Crippen LogP contribution in [0.4, 0.5) is 0 Å². The molecule has 0 unspecified atom stereocenters. The highest BCUT2D eigenvalue weighted by Gasteiger charge is 2.16. The SMILES string of the molecule is Cc1c([C@@H](C)NC(=O)CN)cnn1-c1cccc2ccccc12. The fraction of sp³-hybridized carbons (Fsp3) is 0.222. The van der Waals surface area contributed by atoms with Gasteiger partial charge >= 0.3 is 0 Å². The van der Waals surface area contributed by atoms with Gasteiger partial charge in [-0.2, -0.15) is 5.10 Å². The van der Waals surface area contributed by atoms with E-state index in [-0.39, 0.29) is 18.5 Å². The second-order valence-corrected chi connectivity index (χ2v) is 5.59. The number of nitrogens with zero attached hydrogens (tertiary/aromatic N) is 2. The van der Waals surface area contributed by atoms with Crippen LogP contribution in [0.3, 0.4) is 0 Å². The van der Waals surface area contributed by atoms with Gasteiger partial charge in [0.25, 0.3) is 0 Å². The van der Waals surface area contributed by atoms with Gasteiger partial charge in [-0.1, -0.05) is 36.4 Å². The molecule has 118 valence electrons. The zero-order chi connectivity index (χ0) is 16.4. The summed E-state index contributed by atoms with van der Waals surface area (Å²) in [4.78, 5) is 11.5. The topological polar surface area (TPSA) is 72.9 Å². The van der Waals surface area contributed by atoms with Crippen LogP contribution in [0.5, 0.6) is 0 Å². The lowest BCUT2D eigenvalue weighted by Crippen LogP contribution is -2.32. The van der Waals surface area contributed by atoms with Crippen molar-refractivity contribution in [1.29, 1.82) is 0 Å². The minimum atomic E-state index is -0.171. The third-order valence-electron chi connectivity index (χ3n) is 4.07. The molecule has 1 amide bonds. The summed E-state index contributed by atoms with van der Waals surface area (Å²) in [7, 11) is 0. The van der Waals surface area contributed by atoms with Crippen LogP contribution < -0.4 is 11.1 Å². The first kappa shape index (κ1) is 15.2. The number of hydrogen-bond acceptors (Lipinski definition) is 3. The number of nitrogens with one attached hydrogen (secondary N) is 1. The van der Waals surface area contributed by atoms with Gasteiger partial charge in [0.15, 0.2) is 0 Å². The Hall–Kier alpha value is -2.66. The predicted octanol–water partition coefficient (Wildman–Crippen LogP) is 2.47. The lowest BCUT2D eigenvalue weighted by atomic mass is 10.1. The van der Waals surface area contributed by atoms with Gasteiger partial charge in [-0.15, -0.1) is 0 Å². The Morgan fingerprint density at radius 2 is 2.00 bits per heavy atom. The Bertz CT molecular complexity index is 848. The second-order valence-electron chi connectivity index (χ2n) is 5.59. The van der Waals surface area contributed by atoms with Crippen LogP contribution in [0.1, 0.15) is 24.2 Å². The van der Waals surface area contributed by atoms with Crippen LogP contribution in [0.15, 0.2) is 48.7 Å². The van der Waals surface area contributed by atoms with Crippen molar-refractivity contribution in [2.45, 2.75) is 19.9 Å². The first-order valence-corrected chi connectivity index (χ1v) is 7.64. The molecule has 3 rings (SSSR count). The molecule has 0 saturated heterocycles. The van der Waals surface area contributed by atoms with Gasteiger partial charge in [0.05, 0.1) is 24.5 Å². The third-order valence-corrected chi connectivity index (χ3v) is 4.07. The maximum atomic E-state index is 11.5. The number of nitrogens with two attached hydrogens (primary N) is 1. The Labute approximate surface area is 135 Å². The van der Waals surface area contributed by atoms with E-state index in [4.69, 9.17) is 5.73 Å². The lowest BCUT2D eigenvalue weighted by Gasteiger charge is -2.14. The van der Waals surface area contributed by atoms with Crippen molar-refractivity contribution in [3.05, 3.63) is 59.9 Å². The number of carbonyl (C=O) groups excluding carboxylic acids is 1. The monoisotopic (exact) mass is 308 g/mol. The van der Waals surface area contributed by atoms with Crippen molar-refractivity contribution in [2.75, 3.05) is 6.54 Å². The fourth-order valence-corrected chi connectivity index (χ4v) is 2.86. The van der Waals surface area contributed by atoms with E-state index >= 15 is 0 Å². The van der Waals surface area contributed by atoms with Crippen molar-refractivity contribution in [2.24, 2.45) is 5.73 Å². The van der Waals surface area contributed by atoms with Crippen LogP contribution in [0, 0.1) is 6.92 Å². The van der Waals surface area contributed by atoms with E-state index in [1.165, 1.54) is 5.39 Å². The van der Waals surface area contributed by atoms with Crippen LogP contribution >= 0.6 is 0 Å². The fourth-order valence-electron chi connectivity index (χ4n) is 2.86. The van der Waals surface area contributed by atoms with Crippen LogP contribution in [-0.4, -0.2) is 22.2 Å². The molecule has 2 aromatic carbocycles. The van der Waals surface area contributed by atoms with E-state index < -0.39 is 0 Å². The lowest BCUT2D eigenvalue weighted by molar-refractivity contribution is -0.120. The molecule has 23 heavy (non-hydrogen) atoms. The van der Waals surface area contributed by atoms with Crippen LogP contribution in [0.2, 0.25) is 0 Å². The second kappa shape index (κ2) is 6.22. The molecule has 0 aliphatic heterocycles. The molecule has 3 N–H and O–H groups in total. The van der Waals surface area contributed by atoms with Gasteiger partial charge in [-0.3, -0.25) is 4.79 Å². The maximum Gasteiger partial charge on any atom is 0.234 e. The summed E-state index contributed by atoms with van der Waals surface area (Å²) in [6.07, 6.45) is 1.80. The average molecular weight is 308 g/mol. The molecule has 3 aromatic rings. The molecule has 0 aliphatic carbocycles. The summed E-state index contributed by atoms with van der Waals surface area (Å²) in [5, 5.41) is 9.71. The molecule has 0 radical (unpaired) electrons. The maximum absolute atomic E-state index is 11.5. The summed E-state index contributed by atoms with van der Waals surface area (Å²) in [6.45, 7) is 3.93. The molecule has 5 nitrogen and oxygen atoms in total. The van der Waals surface area contributed by atoms with Crippen molar-refractivity contribution in [1.82, 2.24) is 15.1 Å². The van der Waals surface area contributed by atoms with Gasteiger partial charge in [0.2, 0.25) is 5.91 Å². The number of hydrogen-bond donors (Lipinski definition) is 2. The number of benzene rings is 2. The zero-order valence-electron chi connectivity index (χ0n) is 13.3. The Balaban J connectivity index is 2.03. The molecule has 0 fully saturated rings. The van der Waals surface area contributed by atoms with E-state index in [0.717, 1.165) is 22.3 Å². The van der Waals surface area contributed by atoms with Gasteiger partial charge < -0.3 is 11.1 Å². The third kappa shape index (κ3) is 2.83.